The molecule has 2 rings (SSSR count). The molecule has 128 valence electrons. The number of piperidine rings is 1. The lowest BCUT2D eigenvalue weighted by atomic mass is 9.89. The number of hydrogen-bond acceptors (Lipinski definition) is 6. The van der Waals surface area contributed by atoms with Gasteiger partial charge in [0.05, 0.1) is 12.0 Å². The van der Waals surface area contributed by atoms with Crippen LogP contribution in [-0.2, 0) is 16.1 Å². The molecule has 2 heterocycles. The lowest BCUT2D eigenvalue weighted by Crippen LogP contribution is -2.50. The molecule has 0 radical (unpaired) electrons. The number of aromatic nitrogens is 2. The van der Waals surface area contributed by atoms with Gasteiger partial charge in [-0.15, -0.1) is 0 Å². The minimum Gasteiger partial charge on any atom is -0.388 e. The quantitative estimate of drug-likeness (QED) is 0.861. The van der Waals surface area contributed by atoms with Crippen LogP contribution in [0, 0.1) is 6.92 Å². The third kappa shape index (κ3) is 4.62. The SMILES string of the molecule is COCc1nc(C)cc(N2CCCC(O)(CC(=O)N(C)C)C2)n1. The highest BCUT2D eigenvalue weighted by Crippen LogP contribution is 2.28. The largest absolute Gasteiger partial charge is 0.388 e. The predicted molar refractivity (Wildman–Crippen MR) is 87.2 cm³/mol. The minimum atomic E-state index is -1.01. The number of carbonyl (C=O) groups excluding carboxylic acids is 1. The van der Waals surface area contributed by atoms with Gasteiger partial charge in [0.2, 0.25) is 5.91 Å². The van der Waals surface area contributed by atoms with Gasteiger partial charge in [-0.25, -0.2) is 9.97 Å². The van der Waals surface area contributed by atoms with Crippen molar-refractivity contribution in [3.05, 3.63) is 17.6 Å². The summed E-state index contributed by atoms with van der Waals surface area (Å²) in [6, 6.07) is 1.90. The minimum absolute atomic E-state index is 0.0618. The van der Waals surface area contributed by atoms with Gasteiger partial charge < -0.3 is 19.6 Å². The van der Waals surface area contributed by atoms with Crippen LogP contribution >= 0.6 is 0 Å². The van der Waals surface area contributed by atoms with E-state index in [4.69, 9.17) is 4.74 Å². The summed E-state index contributed by atoms with van der Waals surface area (Å²) in [5.41, 5.74) is -0.152. The fourth-order valence-electron chi connectivity index (χ4n) is 2.86. The first kappa shape index (κ1) is 17.6. The van der Waals surface area contributed by atoms with Crippen molar-refractivity contribution >= 4 is 11.7 Å². The summed E-state index contributed by atoms with van der Waals surface area (Å²) in [6.07, 6.45) is 1.57. The van der Waals surface area contributed by atoms with Crippen molar-refractivity contribution < 1.29 is 14.6 Å². The second-order valence-electron chi connectivity index (χ2n) is 6.43. The molecule has 0 aromatic carbocycles. The molecule has 0 aliphatic carbocycles. The van der Waals surface area contributed by atoms with Crippen LogP contribution < -0.4 is 4.90 Å². The van der Waals surface area contributed by atoms with Gasteiger partial charge in [-0.3, -0.25) is 4.79 Å². The van der Waals surface area contributed by atoms with Crippen LogP contribution in [0.25, 0.3) is 0 Å². The highest BCUT2D eigenvalue weighted by atomic mass is 16.5. The maximum absolute atomic E-state index is 12.0. The van der Waals surface area contributed by atoms with Crippen LogP contribution in [0.15, 0.2) is 6.07 Å². The van der Waals surface area contributed by atoms with E-state index in [1.54, 1.807) is 21.2 Å². The average Bonchev–Trinajstić information content (AvgIpc) is 2.46. The van der Waals surface area contributed by atoms with E-state index in [0.717, 1.165) is 24.5 Å². The van der Waals surface area contributed by atoms with E-state index in [9.17, 15) is 9.90 Å². The standard InChI is InChI=1S/C16H26N4O3/c1-12-8-14(18-13(17-12)10-23-4)20-7-5-6-16(22,11-20)9-15(21)19(2)3/h8,22H,5-7,9-11H2,1-4H3. The zero-order chi connectivity index (χ0) is 17.0. The number of ether oxygens (including phenoxy) is 1. The molecule has 1 aliphatic rings. The third-order valence-corrected chi connectivity index (χ3v) is 4.02. The lowest BCUT2D eigenvalue weighted by Gasteiger charge is -2.40. The van der Waals surface area contributed by atoms with Crippen LogP contribution in [0.5, 0.6) is 0 Å². The molecule has 1 amide bonds. The summed E-state index contributed by atoms with van der Waals surface area (Å²) < 4.78 is 5.10. The van der Waals surface area contributed by atoms with Crippen molar-refractivity contribution in [2.24, 2.45) is 0 Å². The van der Waals surface area contributed by atoms with E-state index >= 15 is 0 Å². The molecule has 1 aromatic rings. The van der Waals surface area contributed by atoms with Crippen LogP contribution in [0.1, 0.15) is 30.8 Å². The lowest BCUT2D eigenvalue weighted by molar-refractivity contribution is -0.134. The first-order chi connectivity index (χ1) is 10.8. The van der Waals surface area contributed by atoms with Crippen molar-refractivity contribution in [2.45, 2.75) is 38.4 Å². The zero-order valence-electron chi connectivity index (χ0n) is 14.4. The van der Waals surface area contributed by atoms with Crippen LogP contribution in [0.3, 0.4) is 0 Å². The molecule has 1 atom stereocenters. The number of amides is 1. The first-order valence-corrected chi connectivity index (χ1v) is 7.84. The highest BCUT2D eigenvalue weighted by molar-refractivity contribution is 5.76. The number of nitrogens with zero attached hydrogens (tertiary/aromatic N) is 4. The molecule has 23 heavy (non-hydrogen) atoms. The van der Waals surface area contributed by atoms with Gasteiger partial charge in [0.1, 0.15) is 12.4 Å². The van der Waals surface area contributed by atoms with Crippen molar-refractivity contribution in [2.75, 3.05) is 39.2 Å². The predicted octanol–water partition coefficient (Wildman–Crippen LogP) is 0.741. The average molecular weight is 322 g/mol. The molecule has 1 saturated heterocycles. The Bertz CT molecular complexity index is 564. The summed E-state index contributed by atoms with van der Waals surface area (Å²) in [6.45, 7) is 3.47. The number of anilines is 1. The van der Waals surface area contributed by atoms with E-state index in [1.807, 2.05) is 17.9 Å². The molecule has 0 saturated carbocycles. The van der Waals surface area contributed by atoms with Gasteiger partial charge in [-0.1, -0.05) is 0 Å². The van der Waals surface area contributed by atoms with Crippen molar-refractivity contribution in [3.8, 4) is 0 Å². The Morgan fingerprint density at radius 2 is 2.22 bits per heavy atom. The van der Waals surface area contributed by atoms with Crippen LogP contribution in [0.4, 0.5) is 5.82 Å². The molecule has 0 spiro atoms. The monoisotopic (exact) mass is 322 g/mol. The Kier molecular flexibility index (Phi) is 5.54. The van der Waals surface area contributed by atoms with Gasteiger partial charge in [0.25, 0.3) is 0 Å². The van der Waals surface area contributed by atoms with Crippen molar-refractivity contribution in [3.63, 3.8) is 0 Å². The van der Waals surface area contributed by atoms with Crippen molar-refractivity contribution in [1.82, 2.24) is 14.9 Å². The van der Waals surface area contributed by atoms with E-state index in [1.165, 1.54) is 4.90 Å². The van der Waals surface area contributed by atoms with Gasteiger partial charge in [-0.05, 0) is 19.8 Å². The molecule has 0 bridgehead atoms. The Morgan fingerprint density at radius 3 is 2.87 bits per heavy atom. The Morgan fingerprint density at radius 1 is 1.48 bits per heavy atom. The van der Waals surface area contributed by atoms with E-state index < -0.39 is 5.60 Å². The summed E-state index contributed by atoms with van der Waals surface area (Å²) in [5.74, 6) is 1.34. The van der Waals surface area contributed by atoms with Crippen LogP contribution in [-0.4, -0.2) is 65.8 Å². The van der Waals surface area contributed by atoms with E-state index in [-0.39, 0.29) is 12.3 Å². The maximum Gasteiger partial charge on any atom is 0.225 e. The summed E-state index contributed by atoms with van der Waals surface area (Å²) in [4.78, 5) is 24.4. The maximum atomic E-state index is 12.0. The molecule has 1 unspecified atom stereocenters. The second-order valence-corrected chi connectivity index (χ2v) is 6.43. The van der Waals surface area contributed by atoms with Crippen molar-refractivity contribution in [1.29, 1.82) is 0 Å². The van der Waals surface area contributed by atoms with Crippen LogP contribution in [0.2, 0.25) is 0 Å². The number of β-amino-alcohol motifs (C(OH)–C–C–N with tert-alkyl or cyclic N) is 1. The topological polar surface area (TPSA) is 78.8 Å². The number of methoxy groups -OCH3 is 1. The van der Waals surface area contributed by atoms with Gasteiger partial charge in [0, 0.05) is 46.1 Å². The Labute approximate surface area is 137 Å². The Balaban J connectivity index is 2.16. The Hall–Kier alpha value is -1.73. The van der Waals surface area contributed by atoms with Gasteiger partial charge in [-0.2, -0.15) is 0 Å². The molecular weight excluding hydrogens is 296 g/mol. The zero-order valence-corrected chi connectivity index (χ0v) is 14.4. The number of aliphatic hydroxyl groups is 1. The fourth-order valence-corrected chi connectivity index (χ4v) is 2.86. The molecule has 1 N–H and O–H groups in total. The first-order valence-electron chi connectivity index (χ1n) is 7.84. The van der Waals surface area contributed by atoms with E-state index in [0.29, 0.717) is 25.4 Å². The summed E-state index contributed by atoms with van der Waals surface area (Å²) in [5, 5.41) is 10.8. The molecule has 7 heteroatoms. The number of aryl methyl sites for hydroxylation is 1. The number of hydrogen-bond donors (Lipinski definition) is 1. The molecular formula is C16H26N4O3. The summed E-state index contributed by atoms with van der Waals surface area (Å²) >= 11 is 0. The van der Waals surface area contributed by atoms with Gasteiger partial charge in [0.15, 0.2) is 5.82 Å². The highest BCUT2D eigenvalue weighted by Gasteiger charge is 2.36. The third-order valence-electron chi connectivity index (χ3n) is 4.02. The molecule has 1 aliphatic heterocycles. The molecule has 7 nitrogen and oxygen atoms in total. The van der Waals surface area contributed by atoms with E-state index in [2.05, 4.69) is 9.97 Å². The fraction of sp³-hybridized carbons (Fsp3) is 0.688. The smallest absolute Gasteiger partial charge is 0.225 e. The second kappa shape index (κ2) is 7.23. The normalized spacial score (nSPS) is 21.3. The molecule has 1 aromatic heterocycles. The number of rotatable bonds is 5. The van der Waals surface area contributed by atoms with Gasteiger partial charge >= 0.3 is 0 Å². The number of carbonyl (C=O) groups is 1. The molecule has 1 fully saturated rings. The summed E-state index contributed by atoms with van der Waals surface area (Å²) in [7, 11) is 5.02.